The number of hydrogen-bond donors (Lipinski definition) is 0. The van der Waals surface area contributed by atoms with Gasteiger partial charge in [0, 0.05) is 26.2 Å². The molecule has 1 aliphatic heterocycles. The minimum Gasteiger partial charge on any atom is -0.284 e. The summed E-state index contributed by atoms with van der Waals surface area (Å²) < 4.78 is 29.2. The molecular weight excluding hydrogens is 364 g/mol. The molecule has 0 aliphatic carbocycles. The fourth-order valence-corrected chi connectivity index (χ4v) is 3.70. The van der Waals surface area contributed by atoms with E-state index in [9.17, 15) is 18.5 Å². The molecule has 1 aromatic carbocycles. The maximum Gasteiger partial charge on any atom is 0.358 e. The van der Waals surface area contributed by atoms with E-state index in [-0.39, 0.29) is 10.6 Å². The van der Waals surface area contributed by atoms with Crippen LogP contribution in [0.25, 0.3) is 0 Å². The van der Waals surface area contributed by atoms with Gasteiger partial charge in [-0.2, -0.15) is 8.42 Å². The molecule has 1 heterocycles. The van der Waals surface area contributed by atoms with Crippen molar-refractivity contribution in [2.45, 2.75) is 4.90 Å². The summed E-state index contributed by atoms with van der Waals surface area (Å²) >= 11 is 6.26. The summed E-state index contributed by atoms with van der Waals surface area (Å²) in [6.07, 6.45) is 0. The Kier molecular flexibility index (Phi) is 5.19. The number of non-ortho nitro benzene ring substituents is 1. The zero-order chi connectivity index (χ0) is 17.2. The number of thioether (sulfide) groups is 1. The van der Waals surface area contributed by atoms with E-state index in [1.54, 1.807) is 24.1 Å². The van der Waals surface area contributed by atoms with Crippen molar-refractivity contribution in [3.8, 4) is 0 Å². The SMILES string of the molecule is CN(C)N1CC(=NOS(=O)(=O)c2ccc([N+](=O)[O-])cc2)SC1=S. The molecule has 12 heteroatoms. The van der Waals surface area contributed by atoms with Crippen molar-refractivity contribution in [1.82, 2.24) is 10.0 Å². The predicted octanol–water partition coefficient (Wildman–Crippen LogP) is 1.42. The van der Waals surface area contributed by atoms with Gasteiger partial charge in [0.15, 0.2) is 4.32 Å². The van der Waals surface area contributed by atoms with Crippen molar-refractivity contribution in [3.63, 3.8) is 0 Å². The maximum absolute atomic E-state index is 12.0. The third kappa shape index (κ3) is 4.16. The Hall–Kier alpha value is -1.76. The first-order valence-electron chi connectivity index (χ1n) is 6.12. The van der Waals surface area contributed by atoms with Gasteiger partial charge in [-0.25, -0.2) is 5.01 Å². The first-order chi connectivity index (χ1) is 10.7. The largest absolute Gasteiger partial charge is 0.358 e. The van der Waals surface area contributed by atoms with E-state index in [1.165, 1.54) is 0 Å². The van der Waals surface area contributed by atoms with Gasteiger partial charge in [-0.3, -0.25) is 19.4 Å². The summed E-state index contributed by atoms with van der Waals surface area (Å²) in [6, 6.07) is 4.34. The summed E-state index contributed by atoms with van der Waals surface area (Å²) in [5.74, 6) is 0. The number of hydrazine groups is 1. The lowest BCUT2D eigenvalue weighted by molar-refractivity contribution is -0.384. The number of benzene rings is 1. The highest BCUT2D eigenvalue weighted by Crippen LogP contribution is 2.23. The van der Waals surface area contributed by atoms with Crippen LogP contribution in [0.1, 0.15) is 0 Å². The number of rotatable bonds is 5. The van der Waals surface area contributed by atoms with Gasteiger partial charge >= 0.3 is 10.1 Å². The van der Waals surface area contributed by atoms with Gasteiger partial charge in [0.2, 0.25) is 0 Å². The van der Waals surface area contributed by atoms with Crippen molar-refractivity contribution in [1.29, 1.82) is 0 Å². The fraction of sp³-hybridized carbons (Fsp3) is 0.273. The van der Waals surface area contributed by atoms with Crippen LogP contribution in [-0.2, 0) is 14.4 Å². The highest BCUT2D eigenvalue weighted by Gasteiger charge is 2.27. The van der Waals surface area contributed by atoms with Crippen molar-refractivity contribution in [2.75, 3.05) is 20.6 Å². The number of hydrogen-bond acceptors (Lipinski definition) is 9. The summed E-state index contributed by atoms with van der Waals surface area (Å²) in [4.78, 5) is 9.72. The summed E-state index contributed by atoms with van der Waals surface area (Å²) in [6.45, 7) is 0.312. The van der Waals surface area contributed by atoms with Crippen LogP contribution in [0.3, 0.4) is 0 Å². The lowest BCUT2D eigenvalue weighted by atomic mass is 10.3. The van der Waals surface area contributed by atoms with E-state index in [0.29, 0.717) is 15.9 Å². The standard InChI is InChI=1S/C11H12N4O5S3/c1-13(2)14-7-10(22-11(14)21)12-20-23(18,19)9-5-3-8(4-6-9)15(16)17/h3-6H,7H2,1-2H3. The van der Waals surface area contributed by atoms with E-state index in [0.717, 1.165) is 36.0 Å². The molecule has 0 atom stereocenters. The molecule has 1 aliphatic rings. The lowest BCUT2D eigenvalue weighted by Crippen LogP contribution is -2.37. The summed E-state index contributed by atoms with van der Waals surface area (Å²) in [5.41, 5.74) is -0.214. The average Bonchev–Trinajstić information content (AvgIpc) is 2.87. The average molecular weight is 376 g/mol. The van der Waals surface area contributed by atoms with E-state index < -0.39 is 15.0 Å². The van der Waals surface area contributed by atoms with Crippen LogP contribution in [0.4, 0.5) is 5.69 Å². The van der Waals surface area contributed by atoms with Crippen LogP contribution in [0.15, 0.2) is 34.3 Å². The number of thiocarbonyl (C=S) groups is 1. The van der Waals surface area contributed by atoms with Crippen molar-refractivity contribution < 1.29 is 17.6 Å². The maximum atomic E-state index is 12.0. The predicted molar refractivity (Wildman–Crippen MR) is 89.4 cm³/mol. The first-order valence-corrected chi connectivity index (χ1v) is 8.75. The number of oxime groups is 1. The molecule has 2 rings (SSSR count). The first kappa shape index (κ1) is 17.6. The molecule has 0 saturated carbocycles. The molecule has 0 amide bonds. The van der Waals surface area contributed by atoms with Gasteiger partial charge in [0.05, 0.1) is 11.5 Å². The highest BCUT2D eigenvalue weighted by molar-refractivity contribution is 8.33. The smallest absolute Gasteiger partial charge is 0.284 e. The second-order valence-corrected chi connectivity index (χ2v) is 7.77. The molecule has 9 nitrogen and oxygen atoms in total. The Morgan fingerprint density at radius 3 is 2.48 bits per heavy atom. The topological polar surface area (TPSA) is 105 Å². The highest BCUT2D eigenvalue weighted by atomic mass is 32.2. The van der Waals surface area contributed by atoms with Crippen LogP contribution >= 0.6 is 24.0 Å². The second-order valence-electron chi connectivity index (χ2n) is 4.54. The molecule has 1 saturated heterocycles. The quantitative estimate of drug-likeness (QED) is 0.428. The van der Waals surface area contributed by atoms with Crippen molar-refractivity contribution in [2.24, 2.45) is 5.16 Å². The fourth-order valence-electron chi connectivity index (χ4n) is 1.60. The Morgan fingerprint density at radius 1 is 1.39 bits per heavy atom. The Labute approximate surface area is 142 Å². The van der Waals surface area contributed by atoms with Gasteiger partial charge in [-0.05, 0) is 23.9 Å². The number of nitro groups is 1. The van der Waals surface area contributed by atoms with Gasteiger partial charge in [0.1, 0.15) is 9.94 Å². The van der Waals surface area contributed by atoms with Crippen molar-refractivity contribution in [3.05, 3.63) is 34.4 Å². The van der Waals surface area contributed by atoms with Crippen LogP contribution in [-0.4, -0.2) is 53.4 Å². The molecule has 0 bridgehead atoms. The van der Waals surface area contributed by atoms with Crippen molar-refractivity contribution >= 4 is 49.1 Å². The molecule has 0 spiro atoms. The van der Waals surface area contributed by atoms with E-state index in [1.807, 2.05) is 0 Å². The van der Waals surface area contributed by atoms with Crippen LogP contribution in [0.5, 0.6) is 0 Å². The molecule has 23 heavy (non-hydrogen) atoms. The van der Waals surface area contributed by atoms with E-state index in [2.05, 4.69) is 9.44 Å². The Balaban J connectivity index is 2.11. The van der Waals surface area contributed by atoms with E-state index >= 15 is 0 Å². The zero-order valence-corrected chi connectivity index (χ0v) is 14.5. The van der Waals surface area contributed by atoms with Gasteiger partial charge in [0.25, 0.3) is 5.69 Å². The second kappa shape index (κ2) is 6.78. The summed E-state index contributed by atoms with van der Waals surface area (Å²) in [5, 5.41) is 18.0. The zero-order valence-electron chi connectivity index (χ0n) is 12.1. The molecule has 1 aromatic rings. The number of nitro benzene ring substituents is 1. The minimum absolute atomic E-state index is 0.214. The molecule has 0 N–H and O–H groups in total. The Bertz CT molecular complexity index is 760. The third-order valence-corrected chi connectivity index (χ3v) is 5.16. The van der Waals surface area contributed by atoms with E-state index in [4.69, 9.17) is 12.2 Å². The van der Waals surface area contributed by atoms with Crippen LogP contribution in [0, 0.1) is 10.1 Å². The van der Waals surface area contributed by atoms with Crippen LogP contribution < -0.4 is 0 Å². The number of nitrogens with zero attached hydrogens (tertiary/aromatic N) is 4. The summed E-state index contributed by atoms with van der Waals surface area (Å²) in [7, 11) is -0.552. The minimum atomic E-state index is -4.14. The Morgan fingerprint density at radius 2 is 2.00 bits per heavy atom. The molecular formula is C11H12N4O5S3. The molecule has 0 unspecified atom stereocenters. The van der Waals surface area contributed by atoms with Gasteiger partial charge < -0.3 is 0 Å². The van der Waals surface area contributed by atoms with Crippen LogP contribution in [0.2, 0.25) is 0 Å². The lowest BCUT2D eigenvalue weighted by Gasteiger charge is -2.23. The monoisotopic (exact) mass is 376 g/mol. The van der Waals surface area contributed by atoms with Gasteiger partial charge in [-0.1, -0.05) is 17.4 Å². The molecule has 1 fully saturated rings. The van der Waals surface area contributed by atoms with Gasteiger partial charge in [-0.15, -0.1) is 0 Å². The molecule has 0 aromatic heterocycles. The molecule has 0 radical (unpaired) electrons. The molecule has 124 valence electrons. The normalized spacial score (nSPS) is 17.1. The third-order valence-electron chi connectivity index (χ3n) is 2.76.